The highest BCUT2D eigenvalue weighted by Gasteiger charge is 2.15. The zero-order valence-corrected chi connectivity index (χ0v) is 8.28. The van der Waals surface area contributed by atoms with E-state index in [0.29, 0.717) is 6.10 Å². The lowest BCUT2D eigenvalue weighted by molar-refractivity contribution is 0.104. The lowest BCUT2D eigenvalue weighted by Gasteiger charge is -2.09. The van der Waals surface area contributed by atoms with Crippen LogP contribution in [0.25, 0.3) is 0 Å². The van der Waals surface area contributed by atoms with Crippen molar-refractivity contribution >= 4 is 5.69 Å². The van der Waals surface area contributed by atoms with E-state index in [2.05, 4.69) is 4.98 Å². The average Bonchev–Trinajstić information content (AvgIpc) is 2.69. The smallest absolute Gasteiger partial charge is 0.0579 e. The van der Waals surface area contributed by atoms with Crippen LogP contribution in [0.2, 0.25) is 0 Å². The van der Waals surface area contributed by atoms with Crippen LogP contribution in [0.4, 0.5) is 5.69 Å². The van der Waals surface area contributed by atoms with Gasteiger partial charge in [-0.2, -0.15) is 0 Å². The molecule has 1 aliphatic heterocycles. The highest BCUT2D eigenvalue weighted by atomic mass is 16.5. The number of nitrogens with two attached hydrogens (primary N) is 1. The first-order valence-electron chi connectivity index (χ1n) is 5.16. The summed E-state index contributed by atoms with van der Waals surface area (Å²) in [6.07, 6.45) is 8.46. The SMILES string of the molecule is Nc1ccncc1CCC1CCCO1. The van der Waals surface area contributed by atoms with E-state index < -0.39 is 0 Å². The first-order chi connectivity index (χ1) is 6.86. The van der Waals surface area contributed by atoms with Crippen LogP contribution >= 0.6 is 0 Å². The number of nitrogens with zero attached hydrogens (tertiary/aromatic N) is 1. The first kappa shape index (κ1) is 9.46. The Bertz CT molecular complexity index is 295. The van der Waals surface area contributed by atoms with Crippen molar-refractivity contribution in [3.05, 3.63) is 24.0 Å². The zero-order valence-electron chi connectivity index (χ0n) is 8.28. The molecule has 0 aromatic carbocycles. The van der Waals surface area contributed by atoms with Gasteiger partial charge in [-0.15, -0.1) is 0 Å². The summed E-state index contributed by atoms with van der Waals surface area (Å²) in [7, 11) is 0. The Hall–Kier alpha value is -1.09. The number of aromatic nitrogens is 1. The molecule has 0 aliphatic carbocycles. The molecule has 1 atom stereocenters. The molecule has 0 amide bonds. The number of pyridine rings is 1. The number of aryl methyl sites for hydroxylation is 1. The van der Waals surface area contributed by atoms with Crippen LogP contribution in [-0.2, 0) is 11.2 Å². The average molecular weight is 192 g/mol. The molecule has 2 N–H and O–H groups in total. The summed E-state index contributed by atoms with van der Waals surface area (Å²) < 4.78 is 5.55. The Morgan fingerprint density at radius 1 is 1.57 bits per heavy atom. The van der Waals surface area contributed by atoms with Crippen molar-refractivity contribution in [2.24, 2.45) is 0 Å². The summed E-state index contributed by atoms with van der Waals surface area (Å²) in [5.74, 6) is 0. The monoisotopic (exact) mass is 192 g/mol. The summed E-state index contributed by atoms with van der Waals surface area (Å²) in [5.41, 5.74) is 7.81. The molecule has 3 nitrogen and oxygen atoms in total. The molecule has 1 saturated heterocycles. The number of rotatable bonds is 3. The molecule has 2 heterocycles. The normalized spacial score (nSPS) is 21.3. The molecule has 0 radical (unpaired) electrons. The van der Waals surface area contributed by atoms with Gasteiger partial charge in [-0.3, -0.25) is 4.98 Å². The zero-order chi connectivity index (χ0) is 9.80. The second kappa shape index (κ2) is 4.42. The van der Waals surface area contributed by atoms with Gasteiger partial charge in [-0.1, -0.05) is 0 Å². The van der Waals surface area contributed by atoms with Crippen LogP contribution in [-0.4, -0.2) is 17.7 Å². The molecule has 76 valence electrons. The molecule has 3 heteroatoms. The van der Waals surface area contributed by atoms with Gasteiger partial charge < -0.3 is 10.5 Å². The van der Waals surface area contributed by atoms with Crippen molar-refractivity contribution in [2.75, 3.05) is 12.3 Å². The number of anilines is 1. The van der Waals surface area contributed by atoms with E-state index in [0.717, 1.165) is 30.7 Å². The highest BCUT2D eigenvalue weighted by molar-refractivity contribution is 5.44. The Labute approximate surface area is 84.3 Å². The topological polar surface area (TPSA) is 48.1 Å². The van der Waals surface area contributed by atoms with Gasteiger partial charge >= 0.3 is 0 Å². The molecule has 1 unspecified atom stereocenters. The van der Waals surface area contributed by atoms with Crippen molar-refractivity contribution < 1.29 is 4.74 Å². The van der Waals surface area contributed by atoms with Gasteiger partial charge in [0.2, 0.25) is 0 Å². The van der Waals surface area contributed by atoms with E-state index in [4.69, 9.17) is 10.5 Å². The maximum Gasteiger partial charge on any atom is 0.0579 e. The van der Waals surface area contributed by atoms with Crippen LogP contribution < -0.4 is 5.73 Å². The van der Waals surface area contributed by atoms with Crippen LogP contribution in [0.3, 0.4) is 0 Å². The van der Waals surface area contributed by atoms with Crippen LogP contribution in [0.1, 0.15) is 24.8 Å². The van der Waals surface area contributed by atoms with Gasteiger partial charge in [-0.05, 0) is 37.3 Å². The van der Waals surface area contributed by atoms with E-state index in [-0.39, 0.29) is 0 Å². The Kier molecular flexibility index (Phi) is 2.99. The van der Waals surface area contributed by atoms with Crippen molar-refractivity contribution in [3.63, 3.8) is 0 Å². The van der Waals surface area contributed by atoms with Gasteiger partial charge in [0.05, 0.1) is 6.10 Å². The van der Waals surface area contributed by atoms with Crippen molar-refractivity contribution in [3.8, 4) is 0 Å². The fourth-order valence-electron chi connectivity index (χ4n) is 1.84. The highest BCUT2D eigenvalue weighted by Crippen LogP contribution is 2.19. The van der Waals surface area contributed by atoms with Crippen LogP contribution in [0.15, 0.2) is 18.5 Å². The standard InChI is InChI=1S/C11H16N2O/c12-11-5-6-13-8-9(11)3-4-10-2-1-7-14-10/h5-6,8,10H,1-4,7H2,(H2,12,13). The van der Waals surface area contributed by atoms with Crippen molar-refractivity contribution in [2.45, 2.75) is 31.8 Å². The van der Waals surface area contributed by atoms with Crippen LogP contribution in [0.5, 0.6) is 0 Å². The lowest BCUT2D eigenvalue weighted by atomic mass is 10.1. The number of hydrogen-bond donors (Lipinski definition) is 1. The van der Waals surface area contributed by atoms with E-state index in [9.17, 15) is 0 Å². The van der Waals surface area contributed by atoms with Crippen LogP contribution in [0, 0.1) is 0 Å². The predicted molar refractivity (Wildman–Crippen MR) is 55.9 cm³/mol. The minimum atomic E-state index is 0.439. The largest absolute Gasteiger partial charge is 0.398 e. The third-order valence-corrected chi connectivity index (χ3v) is 2.70. The second-order valence-electron chi connectivity index (χ2n) is 3.75. The van der Waals surface area contributed by atoms with E-state index in [1.165, 1.54) is 12.8 Å². The number of nitrogen functional groups attached to an aromatic ring is 1. The fraction of sp³-hybridized carbons (Fsp3) is 0.545. The minimum absolute atomic E-state index is 0.439. The van der Waals surface area contributed by atoms with Crippen molar-refractivity contribution in [1.29, 1.82) is 0 Å². The third-order valence-electron chi connectivity index (χ3n) is 2.70. The third kappa shape index (κ3) is 2.23. The predicted octanol–water partition coefficient (Wildman–Crippen LogP) is 1.78. The molecule has 1 aromatic heterocycles. The van der Waals surface area contributed by atoms with Crippen molar-refractivity contribution in [1.82, 2.24) is 4.98 Å². The lowest BCUT2D eigenvalue weighted by Crippen LogP contribution is -2.07. The summed E-state index contributed by atoms with van der Waals surface area (Å²) in [5, 5.41) is 0. The van der Waals surface area contributed by atoms with E-state index in [1.807, 2.05) is 12.3 Å². The van der Waals surface area contributed by atoms with Gasteiger partial charge in [-0.25, -0.2) is 0 Å². The Morgan fingerprint density at radius 3 is 3.21 bits per heavy atom. The molecule has 1 aromatic rings. The molecule has 0 saturated carbocycles. The first-order valence-corrected chi connectivity index (χ1v) is 5.16. The molecular weight excluding hydrogens is 176 g/mol. The Balaban J connectivity index is 1.88. The minimum Gasteiger partial charge on any atom is -0.398 e. The molecule has 14 heavy (non-hydrogen) atoms. The van der Waals surface area contributed by atoms with E-state index >= 15 is 0 Å². The maximum absolute atomic E-state index is 5.82. The molecule has 0 spiro atoms. The maximum atomic E-state index is 5.82. The summed E-state index contributed by atoms with van der Waals surface area (Å²) in [6, 6.07) is 1.85. The molecule has 2 rings (SSSR count). The molecule has 1 fully saturated rings. The van der Waals surface area contributed by atoms with Gasteiger partial charge in [0.25, 0.3) is 0 Å². The molecular formula is C11H16N2O. The second-order valence-corrected chi connectivity index (χ2v) is 3.75. The van der Waals surface area contributed by atoms with Gasteiger partial charge in [0.15, 0.2) is 0 Å². The molecule has 0 bridgehead atoms. The van der Waals surface area contributed by atoms with Gasteiger partial charge in [0.1, 0.15) is 0 Å². The van der Waals surface area contributed by atoms with Gasteiger partial charge in [0, 0.05) is 24.7 Å². The fourth-order valence-corrected chi connectivity index (χ4v) is 1.84. The van der Waals surface area contributed by atoms with E-state index in [1.54, 1.807) is 6.20 Å². The summed E-state index contributed by atoms with van der Waals surface area (Å²) >= 11 is 0. The summed E-state index contributed by atoms with van der Waals surface area (Å²) in [6.45, 7) is 0.924. The number of ether oxygens (including phenoxy) is 1. The molecule has 1 aliphatic rings. The number of hydrogen-bond acceptors (Lipinski definition) is 3. The Morgan fingerprint density at radius 2 is 2.50 bits per heavy atom. The summed E-state index contributed by atoms with van der Waals surface area (Å²) in [4.78, 5) is 4.07. The quantitative estimate of drug-likeness (QED) is 0.794.